The molecule has 1 saturated heterocycles. The van der Waals surface area contributed by atoms with Gasteiger partial charge in [0.15, 0.2) is 0 Å². The van der Waals surface area contributed by atoms with E-state index in [9.17, 15) is 30.0 Å². The normalized spacial score (nSPS) is 30.8. The summed E-state index contributed by atoms with van der Waals surface area (Å²) in [5.41, 5.74) is 0.145. The molecule has 1 fully saturated rings. The summed E-state index contributed by atoms with van der Waals surface area (Å²) in [5, 5.41) is 56.6. The molecule has 0 spiro atoms. The molecule has 0 saturated carbocycles. The van der Waals surface area contributed by atoms with Crippen LogP contribution >= 0.6 is 0 Å². The number of rotatable bonds is 9. The molecule has 0 amide bonds. The van der Waals surface area contributed by atoms with Crippen LogP contribution in [-0.4, -0.2) is 86.0 Å². The fourth-order valence-electron chi connectivity index (χ4n) is 2.47. The number of carboxylic acids is 1. The number of hydrogen-bond acceptors (Lipinski definition) is 9. The standard InChI is InChI=1S/C18H28O10/c1-9(11(20)7-13(21)22)5-3-4-6-10(2)17(26)28-18-16(25)15(24)14(23)12(8-19)27-18/h3-4,6,9,11-12,14-16,18-20,23-25H,5,7-8H2,1-2H3,(H,21,22)/b4-3+,10-6+/t9-,11+,12+,14+,15-,16+,18-/m0/s1. The van der Waals surface area contributed by atoms with Crippen LogP contribution in [0.25, 0.3) is 0 Å². The van der Waals surface area contributed by atoms with E-state index in [-0.39, 0.29) is 17.9 Å². The van der Waals surface area contributed by atoms with Crippen molar-refractivity contribution >= 4 is 11.9 Å². The molecule has 7 atom stereocenters. The summed E-state index contributed by atoms with van der Waals surface area (Å²) < 4.78 is 10.1. The van der Waals surface area contributed by atoms with Crippen LogP contribution in [0.2, 0.25) is 0 Å². The van der Waals surface area contributed by atoms with Crippen molar-refractivity contribution in [3.05, 3.63) is 23.8 Å². The van der Waals surface area contributed by atoms with Crippen LogP contribution < -0.4 is 0 Å². The predicted molar refractivity (Wildman–Crippen MR) is 94.8 cm³/mol. The summed E-state index contributed by atoms with van der Waals surface area (Å²) in [5.74, 6) is -2.22. The van der Waals surface area contributed by atoms with Gasteiger partial charge in [0.05, 0.1) is 19.1 Å². The molecule has 6 N–H and O–H groups in total. The van der Waals surface area contributed by atoms with Crippen molar-refractivity contribution in [1.29, 1.82) is 0 Å². The average molecular weight is 404 g/mol. The molecule has 1 rings (SSSR count). The number of carboxylic acid groups (broad SMARTS) is 1. The first kappa shape index (κ1) is 24.2. The van der Waals surface area contributed by atoms with E-state index in [1.807, 2.05) is 0 Å². The molecule has 1 aliphatic heterocycles. The van der Waals surface area contributed by atoms with E-state index in [1.54, 1.807) is 13.0 Å². The summed E-state index contributed by atoms with van der Waals surface area (Å²) in [4.78, 5) is 22.6. The van der Waals surface area contributed by atoms with Crippen molar-refractivity contribution in [2.75, 3.05) is 6.61 Å². The molecule has 0 unspecified atom stereocenters. The Labute approximate surface area is 162 Å². The second-order valence-corrected chi connectivity index (χ2v) is 6.76. The topological polar surface area (TPSA) is 174 Å². The maximum absolute atomic E-state index is 12.1. The lowest BCUT2D eigenvalue weighted by atomic mass is 9.98. The summed E-state index contributed by atoms with van der Waals surface area (Å²) >= 11 is 0. The maximum Gasteiger partial charge on any atom is 0.336 e. The Morgan fingerprint density at radius 3 is 2.39 bits per heavy atom. The SMILES string of the molecule is C/C(=C\C=C\C[C@H](C)[C@H](O)CC(=O)O)C(=O)O[C@@H]1O[C@H](CO)[C@@H](O)[C@H](O)[C@H]1O. The molecule has 10 nitrogen and oxygen atoms in total. The van der Waals surface area contributed by atoms with Crippen LogP contribution in [0.3, 0.4) is 0 Å². The zero-order valence-electron chi connectivity index (χ0n) is 15.7. The van der Waals surface area contributed by atoms with Crippen molar-refractivity contribution in [2.45, 2.75) is 63.5 Å². The minimum Gasteiger partial charge on any atom is -0.481 e. The minimum atomic E-state index is -1.68. The first-order chi connectivity index (χ1) is 13.1. The van der Waals surface area contributed by atoms with E-state index in [0.717, 1.165) is 0 Å². The van der Waals surface area contributed by atoms with Crippen molar-refractivity contribution in [3.8, 4) is 0 Å². The van der Waals surface area contributed by atoms with Gasteiger partial charge in [-0.25, -0.2) is 4.79 Å². The van der Waals surface area contributed by atoms with Crippen LogP contribution in [0.5, 0.6) is 0 Å². The molecule has 160 valence electrons. The molecule has 28 heavy (non-hydrogen) atoms. The van der Waals surface area contributed by atoms with Crippen LogP contribution in [-0.2, 0) is 19.1 Å². The molecule has 0 bridgehead atoms. The Morgan fingerprint density at radius 2 is 1.82 bits per heavy atom. The number of aliphatic carboxylic acids is 1. The van der Waals surface area contributed by atoms with Crippen molar-refractivity contribution in [3.63, 3.8) is 0 Å². The van der Waals surface area contributed by atoms with Crippen molar-refractivity contribution in [1.82, 2.24) is 0 Å². The fourth-order valence-corrected chi connectivity index (χ4v) is 2.47. The fraction of sp³-hybridized carbons (Fsp3) is 0.667. The Bertz CT molecular complexity index is 585. The first-order valence-electron chi connectivity index (χ1n) is 8.83. The molecule has 1 aliphatic rings. The number of ether oxygens (including phenoxy) is 2. The molecular formula is C18H28O10. The molecular weight excluding hydrogens is 376 g/mol. The molecule has 1 heterocycles. The van der Waals surface area contributed by atoms with Gasteiger partial charge in [-0.05, 0) is 19.3 Å². The summed E-state index contributed by atoms with van der Waals surface area (Å²) in [6.07, 6.45) is -3.95. The Hall–Kier alpha value is -1.82. The maximum atomic E-state index is 12.1. The van der Waals surface area contributed by atoms with Gasteiger partial charge in [0, 0.05) is 5.57 Å². The number of aliphatic hydroxyl groups is 5. The van der Waals surface area contributed by atoms with Gasteiger partial charge in [-0.2, -0.15) is 0 Å². The third-order valence-corrected chi connectivity index (χ3v) is 4.42. The van der Waals surface area contributed by atoms with Crippen molar-refractivity contribution < 1.29 is 49.7 Å². The summed E-state index contributed by atoms with van der Waals surface area (Å²) in [6.45, 7) is 2.50. The van der Waals surface area contributed by atoms with Gasteiger partial charge in [-0.1, -0.05) is 25.2 Å². The van der Waals surface area contributed by atoms with Gasteiger partial charge >= 0.3 is 11.9 Å². The van der Waals surface area contributed by atoms with E-state index in [1.165, 1.54) is 19.1 Å². The van der Waals surface area contributed by atoms with Gasteiger partial charge in [0.1, 0.15) is 24.4 Å². The Morgan fingerprint density at radius 1 is 1.18 bits per heavy atom. The predicted octanol–water partition coefficient (Wildman–Crippen LogP) is -1.31. The number of carbonyl (C=O) groups is 2. The lowest BCUT2D eigenvalue weighted by Gasteiger charge is -2.39. The van der Waals surface area contributed by atoms with Gasteiger partial charge in [-0.15, -0.1) is 0 Å². The van der Waals surface area contributed by atoms with E-state index < -0.39 is 55.4 Å². The number of carbonyl (C=O) groups excluding carboxylic acids is 1. The smallest absolute Gasteiger partial charge is 0.336 e. The number of hydrogen-bond donors (Lipinski definition) is 6. The highest BCUT2D eigenvalue weighted by molar-refractivity contribution is 5.88. The third-order valence-electron chi connectivity index (χ3n) is 4.42. The first-order valence-corrected chi connectivity index (χ1v) is 8.83. The second-order valence-electron chi connectivity index (χ2n) is 6.76. The second kappa shape index (κ2) is 11.2. The highest BCUT2D eigenvalue weighted by Crippen LogP contribution is 2.22. The lowest BCUT2D eigenvalue weighted by Crippen LogP contribution is -2.59. The van der Waals surface area contributed by atoms with Gasteiger partial charge in [0.25, 0.3) is 0 Å². The summed E-state index contributed by atoms with van der Waals surface area (Å²) in [7, 11) is 0. The number of esters is 1. The molecule has 0 aromatic rings. The van der Waals surface area contributed by atoms with E-state index in [4.69, 9.17) is 19.7 Å². The molecule has 0 radical (unpaired) electrons. The van der Waals surface area contributed by atoms with Crippen LogP contribution in [0.4, 0.5) is 0 Å². The minimum absolute atomic E-state index is 0.145. The highest BCUT2D eigenvalue weighted by atomic mass is 16.7. The van der Waals surface area contributed by atoms with Crippen molar-refractivity contribution in [2.24, 2.45) is 5.92 Å². The number of allylic oxidation sites excluding steroid dienone is 3. The summed E-state index contributed by atoms with van der Waals surface area (Å²) in [6, 6.07) is 0. The largest absolute Gasteiger partial charge is 0.481 e. The monoisotopic (exact) mass is 404 g/mol. The van der Waals surface area contributed by atoms with E-state index in [2.05, 4.69) is 0 Å². The zero-order chi connectivity index (χ0) is 21.4. The van der Waals surface area contributed by atoms with Gasteiger partial charge in [0.2, 0.25) is 6.29 Å². The molecule has 10 heteroatoms. The zero-order valence-corrected chi connectivity index (χ0v) is 15.7. The van der Waals surface area contributed by atoms with E-state index in [0.29, 0.717) is 6.42 Å². The highest BCUT2D eigenvalue weighted by Gasteiger charge is 2.45. The van der Waals surface area contributed by atoms with Crippen LogP contribution in [0.15, 0.2) is 23.8 Å². The average Bonchev–Trinajstić information content (AvgIpc) is 2.64. The van der Waals surface area contributed by atoms with E-state index >= 15 is 0 Å². The molecule has 0 aliphatic carbocycles. The van der Waals surface area contributed by atoms with Crippen LogP contribution in [0, 0.1) is 5.92 Å². The number of aliphatic hydroxyl groups excluding tert-OH is 5. The molecule has 0 aromatic carbocycles. The van der Waals surface area contributed by atoms with Gasteiger partial charge in [-0.3, -0.25) is 4.79 Å². The quantitative estimate of drug-likeness (QED) is 0.154. The van der Waals surface area contributed by atoms with Crippen LogP contribution in [0.1, 0.15) is 26.7 Å². The molecule has 0 aromatic heterocycles. The lowest BCUT2D eigenvalue weighted by molar-refractivity contribution is -0.291. The Kier molecular flexibility index (Phi) is 9.73. The third kappa shape index (κ3) is 6.97. The Balaban J connectivity index is 2.58. The van der Waals surface area contributed by atoms with Gasteiger partial charge < -0.3 is 40.1 Å².